The summed E-state index contributed by atoms with van der Waals surface area (Å²) >= 11 is 1.42. The molecule has 0 aliphatic carbocycles. The molecule has 0 saturated heterocycles. The van der Waals surface area contributed by atoms with E-state index in [1.807, 2.05) is 24.3 Å². The van der Waals surface area contributed by atoms with E-state index in [1.54, 1.807) is 18.9 Å². The van der Waals surface area contributed by atoms with Crippen LogP contribution in [0.2, 0.25) is 0 Å². The topological polar surface area (TPSA) is 66.6 Å². The monoisotopic (exact) mass is 278 g/mol. The molecule has 0 aliphatic rings. The van der Waals surface area contributed by atoms with Gasteiger partial charge in [0.2, 0.25) is 0 Å². The molecule has 4 nitrogen and oxygen atoms in total. The number of nitrogen functional groups attached to an aromatic ring is 1. The molecule has 1 unspecified atom stereocenters. The van der Waals surface area contributed by atoms with Gasteiger partial charge in [0.15, 0.2) is 0 Å². The van der Waals surface area contributed by atoms with Gasteiger partial charge in [-0.25, -0.2) is 0 Å². The first-order chi connectivity index (χ1) is 9.00. The van der Waals surface area contributed by atoms with Crippen LogP contribution in [-0.2, 0) is 0 Å². The molecule has 2 rings (SSSR count). The number of benzene rings is 1. The van der Waals surface area contributed by atoms with Gasteiger partial charge < -0.3 is 15.7 Å². The second-order valence-electron chi connectivity index (χ2n) is 4.71. The van der Waals surface area contributed by atoms with Crippen LogP contribution in [0.1, 0.15) is 23.0 Å². The van der Waals surface area contributed by atoms with Crippen molar-refractivity contribution in [2.45, 2.75) is 19.4 Å². The van der Waals surface area contributed by atoms with Gasteiger partial charge >= 0.3 is 0 Å². The first kappa shape index (κ1) is 13.8. The number of fused-ring (bicyclic) bond motifs is 1. The molecule has 0 radical (unpaired) electrons. The van der Waals surface area contributed by atoms with Gasteiger partial charge in [-0.2, -0.15) is 0 Å². The number of amides is 1. The molecule has 3 N–H and O–H groups in total. The average molecular weight is 278 g/mol. The maximum Gasteiger partial charge on any atom is 0.265 e. The summed E-state index contributed by atoms with van der Waals surface area (Å²) in [4.78, 5) is 14.5. The Morgan fingerprint density at radius 3 is 2.79 bits per heavy atom. The zero-order valence-corrected chi connectivity index (χ0v) is 11.9. The molecule has 0 aliphatic heterocycles. The van der Waals surface area contributed by atoms with Crippen molar-refractivity contribution < 1.29 is 9.90 Å². The van der Waals surface area contributed by atoms with Gasteiger partial charge in [-0.3, -0.25) is 4.79 Å². The van der Waals surface area contributed by atoms with E-state index in [2.05, 4.69) is 0 Å². The van der Waals surface area contributed by atoms with Gasteiger partial charge in [0, 0.05) is 23.7 Å². The first-order valence-corrected chi connectivity index (χ1v) is 7.03. The van der Waals surface area contributed by atoms with Crippen molar-refractivity contribution in [1.82, 2.24) is 4.90 Å². The zero-order chi connectivity index (χ0) is 14.0. The van der Waals surface area contributed by atoms with Crippen LogP contribution in [0, 0.1) is 0 Å². The van der Waals surface area contributed by atoms with E-state index in [1.165, 1.54) is 11.3 Å². The Balaban J connectivity index is 2.24. The largest absolute Gasteiger partial charge is 0.397 e. The lowest BCUT2D eigenvalue weighted by Crippen LogP contribution is -2.29. The SMILES string of the molecule is CC(O)CCN(C)C(=O)c1sc2ccccc2c1N. The number of nitrogens with two attached hydrogens (primary N) is 1. The van der Waals surface area contributed by atoms with Crippen LogP contribution in [-0.4, -0.2) is 35.6 Å². The predicted molar refractivity (Wildman–Crippen MR) is 79.5 cm³/mol. The van der Waals surface area contributed by atoms with E-state index in [-0.39, 0.29) is 5.91 Å². The third kappa shape index (κ3) is 2.88. The number of nitrogens with zero attached hydrogens (tertiary/aromatic N) is 1. The molecular formula is C14H18N2O2S. The van der Waals surface area contributed by atoms with Crippen molar-refractivity contribution >= 4 is 33.0 Å². The summed E-state index contributed by atoms with van der Waals surface area (Å²) in [6.07, 6.45) is 0.155. The smallest absolute Gasteiger partial charge is 0.265 e. The molecule has 1 amide bonds. The van der Waals surface area contributed by atoms with Gasteiger partial charge in [0.25, 0.3) is 5.91 Å². The van der Waals surface area contributed by atoms with Crippen LogP contribution in [0.15, 0.2) is 24.3 Å². The summed E-state index contributed by atoms with van der Waals surface area (Å²) in [5.41, 5.74) is 6.60. The number of carbonyl (C=O) groups is 1. The minimum atomic E-state index is -0.407. The number of aliphatic hydroxyl groups is 1. The highest BCUT2D eigenvalue weighted by Gasteiger charge is 2.19. The van der Waals surface area contributed by atoms with E-state index in [0.29, 0.717) is 23.5 Å². The molecule has 0 bridgehead atoms. The molecule has 19 heavy (non-hydrogen) atoms. The van der Waals surface area contributed by atoms with E-state index in [9.17, 15) is 9.90 Å². The van der Waals surface area contributed by atoms with Gasteiger partial charge in [-0.1, -0.05) is 18.2 Å². The summed E-state index contributed by atoms with van der Waals surface area (Å²) in [5.74, 6) is -0.0839. The van der Waals surface area contributed by atoms with Crippen molar-refractivity contribution in [3.63, 3.8) is 0 Å². The summed E-state index contributed by atoms with van der Waals surface area (Å²) in [7, 11) is 1.73. The minimum absolute atomic E-state index is 0.0839. The molecule has 2 aromatic rings. The van der Waals surface area contributed by atoms with E-state index < -0.39 is 6.10 Å². The summed E-state index contributed by atoms with van der Waals surface area (Å²) < 4.78 is 1.02. The van der Waals surface area contributed by atoms with Crippen LogP contribution in [0.25, 0.3) is 10.1 Å². The summed E-state index contributed by atoms with van der Waals surface area (Å²) in [6, 6.07) is 7.73. The molecule has 1 heterocycles. The zero-order valence-electron chi connectivity index (χ0n) is 11.1. The fraction of sp³-hybridized carbons (Fsp3) is 0.357. The molecule has 0 fully saturated rings. The van der Waals surface area contributed by atoms with Crippen LogP contribution in [0.5, 0.6) is 0 Å². The number of hydrogen-bond acceptors (Lipinski definition) is 4. The van der Waals surface area contributed by atoms with Crippen LogP contribution < -0.4 is 5.73 Å². The third-order valence-corrected chi connectivity index (χ3v) is 4.23. The Kier molecular flexibility index (Phi) is 4.07. The molecule has 102 valence electrons. The highest BCUT2D eigenvalue weighted by Crippen LogP contribution is 2.33. The molecule has 1 atom stereocenters. The van der Waals surface area contributed by atoms with Crippen LogP contribution in [0.4, 0.5) is 5.69 Å². The van der Waals surface area contributed by atoms with Crippen molar-refractivity contribution in [2.24, 2.45) is 0 Å². The number of anilines is 1. The van der Waals surface area contributed by atoms with Gasteiger partial charge in [0.1, 0.15) is 4.88 Å². The van der Waals surface area contributed by atoms with E-state index in [0.717, 1.165) is 10.1 Å². The summed E-state index contributed by atoms with van der Waals surface area (Å²) in [5, 5.41) is 10.2. The Morgan fingerprint density at radius 1 is 1.47 bits per heavy atom. The molecule has 5 heteroatoms. The molecule has 0 saturated carbocycles. The second-order valence-corrected chi connectivity index (χ2v) is 5.76. The van der Waals surface area contributed by atoms with Crippen molar-refractivity contribution in [2.75, 3.05) is 19.3 Å². The molecule has 0 spiro atoms. The highest BCUT2D eigenvalue weighted by atomic mass is 32.1. The Hall–Kier alpha value is -1.59. The number of carbonyl (C=O) groups excluding carboxylic acids is 1. The lowest BCUT2D eigenvalue weighted by molar-refractivity contribution is 0.0774. The van der Waals surface area contributed by atoms with Gasteiger partial charge in [0.05, 0.1) is 11.8 Å². The quantitative estimate of drug-likeness (QED) is 0.902. The Morgan fingerprint density at radius 2 is 2.16 bits per heavy atom. The first-order valence-electron chi connectivity index (χ1n) is 6.21. The number of rotatable bonds is 4. The third-order valence-electron chi connectivity index (χ3n) is 3.06. The van der Waals surface area contributed by atoms with E-state index >= 15 is 0 Å². The maximum absolute atomic E-state index is 12.3. The number of hydrogen-bond donors (Lipinski definition) is 2. The van der Waals surface area contributed by atoms with Crippen molar-refractivity contribution in [3.8, 4) is 0 Å². The second kappa shape index (κ2) is 5.59. The highest BCUT2D eigenvalue weighted by molar-refractivity contribution is 7.21. The maximum atomic E-state index is 12.3. The molecule has 1 aromatic heterocycles. The minimum Gasteiger partial charge on any atom is -0.397 e. The lowest BCUT2D eigenvalue weighted by Gasteiger charge is -2.17. The van der Waals surface area contributed by atoms with Crippen molar-refractivity contribution in [3.05, 3.63) is 29.1 Å². The van der Waals surface area contributed by atoms with Crippen LogP contribution >= 0.6 is 11.3 Å². The van der Waals surface area contributed by atoms with Crippen LogP contribution in [0.3, 0.4) is 0 Å². The fourth-order valence-electron chi connectivity index (χ4n) is 1.88. The lowest BCUT2D eigenvalue weighted by atomic mass is 10.2. The van der Waals surface area contributed by atoms with Crippen molar-refractivity contribution in [1.29, 1.82) is 0 Å². The molecule has 1 aromatic carbocycles. The average Bonchev–Trinajstić information content (AvgIpc) is 2.73. The Bertz CT molecular complexity index is 592. The number of thiophene rings is 1. The normalized spacial score (nSPS) is 12.6. The molecular weight excluding hydrogens is 260 g/mol. The predicted octanol–water partition coefficient (Wildman–Crippen LogP) is 2.33. The standard InChI is InChI=1S/C14H18N2O2S/c1-9(17)7-8-16(2)14(18)13-12(15)10-5-3-4-6-11(10)19-13/h3-6,9,17H,7-8,15H2,1-2H3. The number of aliphatic hydroxyl groups excluding tert-OH is 1. The van der Waals surface area contributed by atoms with Gasteiger partial charge in [-0.15, -0.1) is 11.3 Å². The van der Waals surface area contributed by atoms with E-state index in [4.69, 9.17) is 5.73 Å². The summed E-state index contributed by atoms with van der Waals surface area (Å²) in [6.45, 7) is 2.23. The fourth-order valence-corrected chi connectivity index (χ4v) is 3.00. The van der Waals surface area contributed by atoms with Gasteiger partial charge in [-0.05, 0) is 19.4 Å². The Labute approximate surface area is 116 Å².